The van der Waals surface area contributed by atoms with Crippen LogP contribution < -0.4 is 20.7 Å². The van der Waals surface area contributed by atoms with Crippen molar-refractivity contribution >= 4 is 73.3 Å². The molecule has 0 unspecified atom stereocenters. The van der Waals surface area contributed by atoms with E-state index in [1.807, 2.05) is 54.6 Å². The van der Waals surface area contributed by atoms with E-state index in [2.05, 4.69) is 59.5 Å². The Morgan fingerprint density at radius 2 is 1.62 bits per heavy atom. The number of aromatic amines is 1. The Morgan fingerprint density at radius 1 is 0.896 bits per heavy atom. The van der Waals surface area contributed by atoms with Gasteiger partial charge in [-0.25, -0.2) is 9.59 Å². The second-order valence-electron chi connectivity index (χ2n) is 12.3. The molecule has 0 bridgehead atoms. The number of hydrogen-bond donors (Lipinski definition) is 5. The topological polar surface area (TPSA) is 159 Å². The molecule has 4 rings (SSSR count). The lowest BCUT2D eigenvalue weighted by Gasteiger charge is -2.25. The molecule has 3 amide bonds. The maximum absolute atomic E-state index is 13.5. The monoisotopic (exact) mass is 832 g/mol. The van der Waals surface area contributed by atoms with Crippen LogP contribution >= 0.6 is 38.5 Å². The number of alkyl carbamates (subject to hydrolysis) is 1. The number of carboxylic acid groups (broad SMARTS) is 1. The van der Waals surface area contributed by atoms with Gasteiger partial charge in [0.05, 0.1) is 9.09 Å². The Bertz CT molecular complexity index is 1770. The van der Waals surface area contributed by atoms with Crippen LogP contribution in [0.15, 0.2) is 77.4 Å². The van der Waals surface area contributed by atoms with Crippen LogP contribution in [0.1, 0.15) is 44.4 Å². The number of fused-ring (bicyclic) bond motifs is 1. The quantitative estimate of drug-likeness (QED) is 0.106. The zero-order chi connectivity index (χ0) is 35.0. The summed E-state index contributed by atoms with van der Waals surface area (Å²) in [6.07, 6.45) is 1.01. The van der Waals surface area contributed by atoms with E-state index in [1.54, 1.807) is 39.1 Å². The number of ether oxygens (including phenoxy) is 2. The summed E-state index contributed by atoms with van der Waals surface area (Å²) in [5, 5.41) is 18.5. The molecule has 0 radical (unpaired) electrons. The standard InChI is InChI=1S/C35H38BrIN4O7/c1-20(31(42)40-28(33(44)45)17-23-18-38-30-24(23)11-8-12-25(30)36)39-32(43)27(41-34(46)48-35(2,3)4)16-22-13-14-29(26(37)15-22)47-19-21-9-6-5-7-10-21/h5-15,18,20,27-28,38H,16-17,19H2,1-4H3,(H,39,43)(H,40,42)(H,41,46)(H,44,45)/t20-,27-,28-/m0/s1. The van der Waals surface area contributed by atoms with E-state index in [9.17, 15) is 24.3 Å². The van der Waals surface area contributed by atoms with Crippen LogP contribution in [0.5, 0.6) is 5.75 Å². The highest BCUT2D eigenvalue weighted by molar-refractivity contribution is 14.1. The van der Waals surface area contributed by atoms with E-state index in [0.717, 1.165) is 30.1 Å². The third-order valence-electron chi connectivity index (χ3n) is 7.22. The maximum Gasteiger partial charge on any atom is 0.408 e. The Labute approximate surface area is 300 Å². The van der Waals surface area contributed by atoms with Crippen molar-refractivity contribution in [3.8, 4) is 5.75 Å². The third-order valence-corrected chi connectivity index (χ3v) is 8.73. The fourth-order valence-corrected chi connectivity index (χ4v) is 6.08. The van der Waals surface area contributed by atoms with E-state index in [-0.39, 0.29) is 12.8 Å². The maximum atomic E-state index is 13.5. The first-order chi connectivity index (χ1) is 22.7. The number of amides is 3. The van der Waals surface area contributed by atoms with Gasteiger partial charge in [-0.05, 0) is 101 Å². The molecule has 4 aromatic rings. The molecular weight excluding hydrogens is 795 g/mol. The van der Waals surface area contributed by atoms with Crippen molar-refractivity contribution < 1.29 is 33.8 Å². The van der Waals surface area contributed by atoms with Gasteiger partial charge in [0, 0.05) is 28.9 Å². The molecule has 3 atom stereocenters. The van der Waals surface area contributed by atoms with Crippen molar-refractivity contribution in [1.29, 1.82) is 0 Å². The number of nitrogens with one attached hydrogen (secondary N) is 4. The molecule has 0 spiro atoms. The number of halogens is 2. The lowest BCUT2D eigenvalue weighted by molar-refractivity contribution is -0.142. The molecule has 0 aliphatic heterocycles. The van der Waals surface area contributed by atoms with Crippen LogP contribution in [0, 0.1) is 3.57 Å². The zero-order valence-corrected chi connectivity index (χ0v) is 30.7. The number of hydrogen-bond acceptors (Lipinski definition) is 6. The fraction of sp³-hybridized carbons (Fsp3) is 0.314. The molecule has 0 fully saturated rings. The lowest BCUT2D eigenvalue weighted by atomic mass is 10.0. The van der Waals surface area contributed by atoms with Crippen molar-refractivity contribution in [1.82, 2.24) is 20.9 Å². The Hall–Kier alpha value is -4.11. The summed E-state index contributed by atoms with van der Waals surface area (Å²) < 4.78 is 13.0. The predicted molar refractivity (Wildman–Crippen MR) is 194 cm³/mol. The van der Waals surface area contributed by atoms with Crippen LogP contribution in [0.25, 0.3) is 10.9 Å². The lowest BCUT2D eigenvalue weighted by Crippen LogP contribution is -2.55. The predicted octanol–water partition coefficient (Wildman–Crippen LogP) is 5.87. The third kappa shape index (κ3) is 10.4. The van der Waals surface area contributed by atoms with Crippen LogP contribution in [-0.4, -0.2) is 57.7 Å². The normalized spacial score (nSPS) is 13.2. The number of carboxylic acids is 1. The summed E-state index contributed by atoms with van der Waals surface area (Å²) in [5.74, 6) is -1.89. The summed E-state index contributed by atoms with van der Waals surface area (Å²) in [6.45, 7) is 6.96. The highest BCUT2D eigenvalue weighted by atomic mass is 127. The molecular formula is C35H38BrIN4O7. The van der Waals surface area contributed by atoms with E-state index >= 15 is 0 Å². The fourth-order valence-electron chi connectivity index (χ4n) is 4.86. The molecule has 254 valence electrons. The average Bonchev–Trinajstić information content (AvgIpc) is 3.43. The largest absolute Gasteiger partial charge is 0.488 e. The van der Waals surface area contributed by atoms with Crippen LogP contribution in [0.3, 0.4) is 0 Å². The number of H-pyrrole nitrogens is 1. The van der Waals surface area contributed by atoms with Crippen LogP contribution in [0.2, 0.25) is 0 Å². The van der Waals surface area contributed by atoms with Gasteiger partial charge in [-0.1, -0.05) is 48.5 Å². The van der Waals surface area contributed by atoms with Gasteiger partial charge in [-0.2, -0.15) is 0 Å². The minimum atomic E-state index is -1.25. The Kier molecular flexibility index (Phi) is 12.5. The SMILES string of the molecule is C[C@H](NC(=O)[C@H](Cc1ccc(OCc2ccccc2)c(I)c1)NC(=O)OC(C)(C)C)C(=O)N[C@@H](Cc1c[nH]c2c(Br)cccc12)C(=O)O. The van der Waals surface area contributed by atoms with Gasteiger partial charge in [0.2, 0.25) is 11.8 Å². The Morgan fingerprint density at radius 3 is 2.29 bits per heavy atom. The van der Waals surface area contributed by atoms with Crippen molar-refractivity contribution in [3.63, 3.8) is 0 Å². The molecule has 0 aliphatic carbocycles. The number of rotatable bonds is 13. The van der Waals surface area contributed by atoms with Crippen molar-refractivity contribution in [2.75, 3.05) is 0 Å². The first kappa shape index (κ1) is 36.7. The summed E-state index contributed by atoms with van der Waals surface area (Å²) in [4.78, 5) is 54.6. The molecule has 13 heteroatoms. The highest BCUT2D eigenvalue weighted by Gasteiger charge is 2.29. The number of carbonyl (C=O) groups is 4. The van der Waals surface area contributed by atoms with Crippen molar-refractivity contribution in [2.45, 2.75) is 70.9 Å². The van der Waals surface area contributed by atoms with Gasteiger partial charge in [-0.3, -0.25) is 9.59 Å². The molecule has 3 aromatic carbocycles. The second kappa shape index (κ2) is 16.3. The zero-order valence-electron chi connectivity index (χ0n) is 26.9. The summed E-state index contributed by atoms with van der Waals surface area (Å²) in [6, 6.07) is 17.3. The molecule has 1 aromatic heterocycles. The molecule has 11 nitrogen and oxygen atoms in total. The first-order valence-electron chi connectivity index (χ1n) is 15.2. The molecule has 1 heterocycles. The van der Waals surface area contributed by atoms with Gasteiger partial charge in [0.1, 0.15) is 36.1 Å². The molecule has 0 saturated carbocycles. The van der Waals surface area contributed by atoms with E-state index in [1.165, 1.54) is 6.92 Å². The average molecular weight is 834 g/mol. The number of aliphatic carboxylic acids is 1. The van der Waals surface area contributed by atoms with Gasteiger partial charge in [0.25, 0.3) is 0 Å². The van der Waals surface area contributed by atoms with Crippen LogP contribution in [0.4, 0.5) is 4.79 Å². The molecule has 0 saturated heterocycles. The van der Waals surface area contributed by atoms with E-state index in [0.29, 0.717) is 17.9 Å². The number of para-hydroxylation sites is 1. The van der Waals surface area contributed by atoms with E-state index in [4.69, 9.17) is 9.47 Å². The summed E-state index contributed by atoms with van der Waals surface area (Å²) in [7, 11) is 0. The van der Waals surface area contributed by atoms with Crippen LogP contribution in [-0.2, 0) is 38.6 Å². The van der Waals surface area contributed by atoms with Gasteiger partial charge < -0.3 is 35.5 Å². The summed E-state index contributed by atoms with van der Waals surface area (Å²) in [5.41, 5.74) is 2.48. The number of carbonyl (C=O) groups excluding carboxylic acids is 3. The molecule has 5 N–H and O–H groups in total. The number of aromatic nitrogens is 1. The highest BCUT2D eigenvalue weighted by Crippen LogP contribution is 2.27. The molecule has 48 heavy (non-hydrogen) atoms. The van der Waals surface area contributed by atoms with Gasteiger partial charge >= 0.3 is 12.1 Å². The Balaban J connectivity index is 1.44. The minimum absolute atomic E-state index is 0.0186. The second-order valence-corrected chi connectivity index (χ2v) is 14.3. The summed E-state index contributed by atoms with van der Waals surface area (Å²) >= 11 is 5.62. The van der Waals surface area contributed by atoms with Crippen molar-refractivity contribution in [2.24, 2.45) is 0 Å². The van der Waals surface area contributed by atoms with Gasteiger partial charge in [-0.15, -0.1) is 0 Å². The number of benzene rings is 3. The van der Waals surface area contributed by atoms with E-state index < -0.39 is 47.6 Å². The molecule has 0 aliphatic rings. The van der Waals surface area contributed by atoms with Gasteiger partial charge in [0.15, 0.2) is 0 Å². The first-order valence-corrected chi connectivity index (χ1v) is 17.1. The van der Waals surface area contributed by atoms with Crippen molar-refractivity contribution in [3.05, 3.63) is 97.7 Å². The minimum Gasteiger partial charge on any atom is -0.488 e. The smallest absolute Gasteiger partial charge is 0.408 e.